The molecule has 0 unspecified atom stereocenters. The Balaban J connectivity index is 2.25. The van der Waals surface area contributed by atoms with Crippen molar-refractivity contribution < 1.29 is 14.6 Å². The molecule has 0 spiro atoms. The molecule has 1 heterocycles. The van der Waals surface area contributed by atoms with Crippen LogP contribution in [0.15, 0.2) is 0 Å². The first-order valence-corrected chi connectivity index (χ1v) is 6.95. The van der Waals surface area contributed by atoms with Gasteiger partial charge in [0.1, 0.15) is 10.6 Å². The van der Waals surface area contributed by atoms with Crippen LogP contribution in [0.1, 0.15) is 42.2 Å². The van der Waals surface area contributed by atoms with Crippen LogP contribution in [0.4, 0.5) is 5.00 Å². The molecule has 0 aromatic carbocycles. The highest BCUT2D eigenvalue weighted by Crippen LogP contribution is 2.24. The number of hydrogen-bond donors (Lipinski definition) is 2. The second kappa shape index (κ2) is 8.05. The third kappa shape index (κ3) is 4.62. The van der Waals surface area contributed by atoms with Crippen LogP contribution in [0.3, 0.4) is 0 Å². The van der Waals surface area contributed by atoms with Crippen molar-refractivity contribution in [3.05, 3.63) is 11.3 Å². The van der Waals surface area contributed by atoms with Gasteiger partial charge in [-0.25, -0.2) is 4.79 Å². The predicted molar refractivity (Wildman–Crippen MR) is 72.6 cm³/mol. The lowest BCUT2D eigenvalue weighted by atomic mass is 10.2. The minimum Gasteiger partial charge on any atom is -0.478 e. The summed E-state index contributed by atoms with van der Waals surface area (Å²) >= 11 is 1.19. The van der Waals surface area contributed by atoms with E-state index in [0.29, 0.717) is 23.8 Å². The van der Waals surface area contributed by atoms with Crippen molar-refractivity contribution in [1.82, 2.24) is 4.37 Å². The van der Waals surface area contributed by atoms with Crippen LogP contribution in [0, 0.1) is 6.92 Å². The number of aromatic nitrogens is 1. The Hall–Kier alpha value is -1.14. The van der Waals surface area contributed by atoms with E-state index in [1.165, 1.54) is 11.5 Å². The van der Waals surface area contributed by atoms with E-state index >= 15 is 0 Å². The van der Waals surface area contributed by atoms with E-state index in [-0.39, 0.29) is 5.56 Å². The summed E-state index contributed by atoms with van der Waals surface area (Å²) in [6.07, 6.45) is 3.09. The molecule has 1 aromatic rings. The first kappa shape index (κ1) is 14.9. The molecule has 1 rings (SSSR count). The number of rotatable bonds is 9. The number of carboxylic acids is 1. The SMILES string of the molecule is CCCCOCCCNc1snc(C)c1C(=O)O. The number of nitrogens with one attached hydrogen (secondary N) is 1. The summed E-state index contributed by atoms with van der Waals surface area (Å²) in [7, 11) is 0. The summed E-state index contributed by atoms with van der Waals surface area (Å²) < 4.78 is 9.47. The summed E-state index contributed by atoms with van der Waals surface area (Å²) in [4.78, 5) is 11.0. The predicted octanol–water partition coefficient (Wildman–Crippen LogP) is 2.77. The molecule has 6 heteroatoms. The number of anilines is 1. The molecule has 0 saturated heterocycles. The summed E-state index contributed by atoms with van der Waals surface area (Å²) in [5.41, 5.74) is 0.848. The average Bonchev–Trinajstić information content (AvgIpc) is 2.69. The van der Waals surface area contributed by atoms with Gasteiger partial charge in [0.25, 0.3) is 0 Å². The van der Waals surface area contributed by atoms with Crippen LogP contribution < -0.4 is 5.32 Å². The summed E-state index contributed by atoms with van der Waals surface area (Å²) in [5.74, 6) is -0.928. The third-order valence-corrected chi connectivity index (χ3v) is 3.37. The number of aryl methyl sites for hydroxylation is 1. The highest BCUT2D eigenvalue weighted by Gasteiger charge is 2.16. The van der Waals surface area contributed by atoms with E-state index in [2.05, 4.69) is 16.6 Å². The molecule has 0 aliphatic carbocycles. The van der Waals surface area contributed by atoms with E-state index in [1.54, 1.807) is 6.92 Å². The van der Waals surface area contributed by atoms with Crippen LogP contribution in [0.5, 0.6) is 0 Å². The number of carbonyl (C=O) groups is 1. The van der Waals surface area contributed by atoms with E-state index < -0.39 is 5.97 Å². The van der Waals surface area contributed by atoms with Gasteiger partial charge < -0.3 is 15.2 Å². The molecule has 0 radical (unpaired) electrons. The quantitative estimate of drug-likeness (QED) is 0.676. The number of ether oxygens (including phenoxy) is 1. The second-order valence-corrected chi connectivity index (χ2v) is 4.80. The Morgan fingerprint density at radius 1 is 1.44 bits per heavy atom. The molecule has 102 valence electrons. The first-order valence-electron chi connectivity index (χ1n) is 6.18. The molecule has 0 aliphatic rings. The first-order chi connectivity index (χ1) is 8.66. The van der Waals surface area contributed by atoms with Gasteiger partial charge in [-0.2, -0.15) is 4.37 Å². The topological polar surface area (TPSA) is 71.5 Å². The Morgan fingerprint density at radius 3 is 2.83 bits per heavy atom. The molecule has 0 amide bonds. The van der Waals surface area contributed by atoms with Crippen LogP contribution in [0.25, 0.3) is 0 Å². The van der Waals surface area contributed by atoms with Gasteiger partial charge in [-0.1, -0.05) is 13.3 Å². The van der Waals surface area contributed by atoms with Crippen LogP contribution >= 0.6 is 11.5 Å². The molecule has 1 aromatic heterocycles. The molecule has 5 nitrogen and oxygen atoms in total. The smallest absolute Gasteiger partial charge is 0.340 e. The van der Waals surface area contributed by atoms with Gasteiger partial charge >= 0.3 is 5.97 Å². The monoisotopic (exact) mass is 272 g/mol. The Labute approximate surface area is 111 Å². The number of nitrogens with zero attached hydrogens (tertiary/aromatic N) is 1. The normalized spacial score (nSPS) is 10.6. The summed E-state index contributed by atoms with van der Waals surface area (Å²) in [5, 5.41) is 12.8. The summed E-state index contributed by atoms with van der Waals surface area (Å²) in [6, 6.07) is 0. The molecule has 0 saturated carbocycles. The van der Waals surface area contributed by atoms with Crippen molar-refractivity contribution in [2.45, 2.75) is 33.1 Å². The largest absolute Gasteiger partial charge is 0.478 e. The van der Waals surface area contributed by atoms with E-state index in [9.17, 15) is 4.79 Å². The number of aromatic carboxylic acids is 1. The van der Waals surface area contributed by atoms with E-state index in [4.69, 9.17) is 9.84 Å². The Morgan fingerprint density at radius 2 is 2.17 bits per heavy atom. The number of hydrogen-bond acceptors (Lipinski definition) is 5. The third-order valence-electron chi connectivity index (χ3n) is 2.47. The zero-order chi connectivity index (χ0) is 13.4. The zero-order valence-corrected chi connectivity index (χ0v) is 11.7. The minimum absolute atomic E-state index is 0.284. The van der Waals surface area contributed by atoms with Crippen molar-refractivity contribution in [3.8, 4) is 0 Å². The molecule has 2 N–H and O–H groups in total. The molecule has 0 aliphatic heterocycles. The van der Waals surface area contributed by atoms with Crippen molar-refractivity contribution in [2.24, 2.45) is 0 Å². The summed E-state index contributed by atoms with van der Waals surface area (Å²) in [6.45, 7) is 6.04. The molecular weight excluding hydrogens is 252 g/mol. The van der Waals surface area contributed by atoms with Gasteiger partial charge in [0.15, 0.2) is 0 Å². The standard InChI is InChI=1S/C12H20N2O3S/c1-3-4-7-17-8-5-6-13-11-10(12(15)16)9(2)14-18-11/h13H,3-8H2,1-2H3,(H,15,16). The fourth-order valence-corrected chi connectivity index (χ4v) is 2.28. The maximum Gasteiger partial charge on any atom is 0.340 e. The highest BCUT2D eigenvalue weighted by molar-refractivity contribution is 7.10. The van der Waals surface area contributed by atoms with Gasteiger partial charge in [-0.3, -0.25) is 0 Å². The Bertz CT molecular complexity index is 379. The highest BCUT2D eigenvalue weighted by atomic mass is 32.1. The lowest BCUT2D eigenvalue weighted by molar-refractivity contribution is 0.0697. The van der Waals surface area contributed by atoms with Gasteiger partial charge in [-0.05, 0) is 31.3 Å². The molecule has 0 atom stereocenters. The van der Waals surface area contributed by atoms with Crippen LogP contribution in [-0.4, -0.2) is 35.2 Å². The number of unbranched alkanes of at least 4 members (excludes halogenated alkanes) is 1. The fourth-order valence-electron chi connectivity index (χ4n) is 1.47. The maximum atomic E-state index is 11.0. The van der Waals surface area contributed by atoms with Crippen molar-refractivity contribution in [2.75, 3.05) is 25.1 Å². The van der Waals surface area contributed by atoms with E-state index in [0.717, 1.165) is 25.9 Å². The second-order valence-electron chi connectivity index (χ2n) is 4.02. The van der Waals surface area contributed by atoms with Gasteiger partial charge in [0, 0.05) is 19.8 Å². The van der Waals surface area contributed by atoms with Crippen LogP contribution in [0.2, 0.25) is 0 Å². The molecule has 0 fully saturated rings. The van der Waals surface area contributed by atoms with Crippen LogP contribution in [-0.2, 0) is 4.74 Å². The average molecular weight is 272 g/mol. The fraction of sp³-hybridized carbons (Fsp3) is 0.667. The lowest BCUT2D eigenvalue weighted by Crippen LogP contribution is -2.08. The van der Waals surface area contributed by atoms with Crippen molar-refractivity contribution in [3.63, 3.8) is 0 Å². The molecule has 0 bridgehead atoms. The van der Waals surface area contributed by atoms with Crippen molar-refractivity contribution in [1.29, 1.82) is 0 Å². The molecule has 18 heavy (non-hydrogen) atoms. The lowest BCUT2D eigenvalue weighted by Gasteiger charge is -2.05. The molecular formula is C12H20N2O3S. The maximum absolute atomic E-state index is 11.0. The minimum atomic E-state index is -0.928. The van der Waals surface area contributed by atoms with Gasteiger partial charge in [-0.15, -0.1) is 0 Å². The van der Waals surface area contributed by atoms with E-state index in [1.807, 2.05) is 0 Å². The van der Waals surface area contributed by atoms with Gasteiger partial charge in [0.05, 0.1) is 5.69 Å². The Kier molecular flexibility index (Phi) is 6.67. The number of carboxylic acid groups (broad SMARTS) is 1. The van der Waals surface area contributed by atoms with Crippen molar-refractivity contribution >= 4 is 22.5 Å². The van der Waals surface area contributed by atoms with Gasteiger partial charge in [0.2, 0.25) is 0 Å². The zero-order valence-electron chi connectivity index (χ0n) is 10.9.